The smallest absolute Gasteiger partial charge is 0.277 e. The number of hydrogen-bond acceptors (Lipinski definition) is 3. The molecule has 1 aliphatic heterocycles. The number of nitrogens with one attached hydrogen (secondary N) is 2. The lowest BCUT2D eigenvalue weighted by molar-refractivity contribution is -0.144. The molecule has 2 atom stereocenters. The highest BCUT2D eigenvalue weighted by Gasteiger charge is 2.55. The van der Waals surface area contributed by atoms with Crippen molar-refractivity contribution in [2.45, 2.75) is 23.0 Å². The zero-order chi connectivity index (χ0) is 13.2. The molecule has 0 radical (unpaired) electrons. The quantitative estimate of drug-likeness (QED) is 0.448. The van der Waals surface area contributed by atoms with Crippen molar-refractivity contribution in [3.05, 3.63) is 12.7 Å². The Kier molecular flexibility index (Phi) is 4.48. The summed E-state index contributed by atoms with van der Waals surface area (Å²) in [4.78, 5) is 34.4. The topological polar surface area (TPSA) is 75.3 Å². The maximum atomic E-state index is 12.0. The largest absolute Gasteiger partial charge is 0.328 e. The zero-order valence-corrected chi connectivity index (χ0v) is 12.3. The first-order valence-corrected chi connectivity index (χ1v) is 6.75. The van der Waals surface area contributed by atoms with E-state index in [0.717, 1.165) is 0 Å². The first kappa shape index (κ1) is 14.4. The predicted octanol–water partition coefficient (Wildman–Crippen LogP) is 1.46. The van der Waals surface area contributed by atoms with Crippen LogP contribution < -0.4 is 10.6 Å². The summed E-state index contributed by atoms with van der Waals surface area (Å²) in [7, 11) is 0. The van der Waals surface area contributed by atoms with Crippen LogP contribution in [0.5, 0.6) is 0 Å². The Morgan fingerprint density at radius 2 is 1.76 bits per heavy atom. The summed E-state index contributed by atoms with van der Waals surface area (Å²) < 4.78 is 0. The molecule has 1 heterocycles. The monoisotopic (exact) mass is 366 g/mol. The van der Waals surface area contributed by atoms with Gasteiger partial charge in [-0.05, 0) is 6.42 Å². The molecule has 0 aromatic rings. The number of carbonyl (C=O) groups is 3. The number of hydrogen-bond donors (Lipinski definition) is 2. The van der Waals surface area contributed by atoms with Crippen LogP contribution in [0.2, 0.25) is 0 Å². The zero-order valence-electron chi connectivity index (χ0n) is 9.13. The Hall–Kier alpha value is -0.690. The molecule has 1 rings (SSSR count). The first-order chi connectivity index (χ1) is 7.86. The van der Waals surface area contributed by atoms with Crippen LogP contribution in [0.15, 0.2) is 12.7 Å². The van der Waals surface area contributed by atoms with Gasteiger partial charge in [0.05, 0.1) is 4.83 Å². The molecular weight excluding hydrogens is 356 g/mol. The number of alkyl halides is 2. The van der Waals surface area contributed by atoms with Gasteiger partial charge < -0.3 is 0 Å². The third-order valence-electron chi connectivity index (χ3n) is 2.60. The molecule has 0 spiro atoms. The van der Waals surface area contributed by atoms with Crippen LogP contribution in [0.3, 0.4) is 0 Å². The van der Waals surface area contributed by atoms with Crippen molar-refractivity contribution >= 4 is 49.7 Å². The lowest BCUT2D eigenvalue weighted by atomic mass is 9.77. The highest BCUT2D eigenvalue weighted by molar-refractivity contribution is 9.12. The number of rotatable bonds is 4. The number of barbiturate groups is 1. The summed E-state index contributed by atoms with van der Waals surface area (Å²) >= 11 is 6.66. The average Bonchev–Trinajstić information content (AvgIpc) is 2.22. The fourth-order valence-corrected chi connectivity index (χ4v) is 2.79. The second-order valence-corrected chi connectivity index (χ2v) is 6.21. The molecule has 94 valence electrons. The van der Waals surface area contributed by atoms with Gasteiger partial charge in [-0.15, -0.1) is 6.58 Å². The van der Waals surface area contributed by atoms with E-state index >= 15 is 0 Å². The third-order valence-corrected chi connectivity index (χ3v) is 5.42. The normalized spacial score (nSPS) is 22.4. The Labute approximate surface area is 116 Å². The summed E-state index contributed by atoms with van der Waals surface area (Å²) in [5.41, 5.74) is -1.36. The average molecular weight is 368 g/mol. The van der Waals surface area contributed by atoms with Crippen molar-refractivity contribution in [2.24, 2.45) is 5.41 Å². The van der Waals surface area contributed by atoms with Crippen LogP contribution in [0.25, 0.3) is 0 Å². The van der Waals surface area contributed by atoms with E-state index in [1.807, 2.05) is 0 Å². The molecule has 0 bridgehead atoms. The number of allylic oxidation sites excluding steroid dienone is 1. The van der Waals surface area contributed by atoms with Gasteiger partial charge in [-0.1, -0.05) is 44.9 Å². The van der Waals surface area contributed by atoms with Crippen LogP contribution >= 0.6 is 31.9 Å². The molecule has 17 heavy (non-hydrogen) atoms. The van der Waals surface area contributed by atoms with E-state index < -0.39 is 28.1 Å². The number of urea groups is 1. The summed E-state index contributed by atoms with van der Waals surface area (Å²) in [6.45, 7) is 5.36. The van der Waals surface area contributed by atoms with E-state index in [9.17, 15) is 14.4 Å². The van der Waals surface area contributed by atoms with E-state index in [-0.39, 0.29) is 11.2 Å². The lowest BCUT2D eigenvalue weighted by Gasteiger charge is -2.38. The highest BCUT2D eigenvalue weighted by Crippen LogP contribution is 2.38. The van der Waals surface area contributed by atoms with E-state index in [1.54, 1.807) is 6.92 Å². The van der Waals surface area contributed by atoms with Crippen LogP contribution in [0, 0.1) is 5.41 Å². The first-order valence-electron chi connectivity index (χ1n) is 4.92. The Morgan fingerprint density at radius 3 is 2.12 bits per heavy atom. The van der Waals surface area contributed by atoms with Gasteiger partial charge in [0.2, 0.25) is 11.8 Å². The van der Waals surface area contributed by atoms with E-state index in [2.05, 4.69) is 49.1 Å². The molecule has 1 fully saturated rings. The molecule has 1 saturated heterocycles. The van der Waals surface area contributed by atoms with Crippen LogP contribution in [-0.4, -0.2) is 27.5 Å². The van der Waals surface area contributed by atoms with E-state index in [0.29, 0.717) is 0 Å². The van der Waals surface area contributed by atoms with Crippen LogP contribution in [0.1, 0.15) is 13.3 Å². The summed E-state index contributed by atoms with van der Waals surface area (Å²) in [6.07, 6.45) is 1.63. The van der Waals surface area contributed by atoms with Crippen LogP contribution in [0.4, 0.5) is 4.79 Å². The number of amides is 4. The predicted molar refractivity (Wildman–Crippen MR) is 70.0 cm³/mol. The van der Waals surface area contributed by atoms with E-state index in [4.69, 9.17) is 0 Å². The molecule has 1 aliphatic rings. The van der Waals surface area contributed by atoms with Crippen molar-refractivity contribution < 1.29 is 14.4 Å². The van der Waals surface area contributed by atoms with Gasteiger partial charge in [-0.2, -0.15) is 0 Å². The standard InChI is InChI=1S/C10H12Br2N2O3/c1-3-4-10(6(12)5(2)11)7(15)13-9(17)14-8(10)16/h3,5-6H,1,4H2,2H3,(H2,13,14,15,16,17). The van der Waals surface area contributed by atoms with Crippen molar-refractivity contribution in [3.63, 3.8) is 0 Å². The molecule has 0 aromatic heterocycles. The molecule has 0 aliphatic carbocycles. The Balaban J connectivity index is 3.21. The maximum absolute atomic E-state index is 12.0. The molecule has 2 N–H and O–H groups in total. The van der Waals surface area contributed by atoms with Crippen molar-refractivity contribution in [1.29, 1.82) is 0 Å². The second kappa shape index (κ2) is 5.30. The molecule has 0 aromatic carbocycles. The van der Waals surface area contributed by atoms with Gasteiger partial charge in [-0.3, -0.25) is 20.2 Å². The lowest BCUT2D eigenvalue weighted by Crippen LogP contribution is -2.66. The Bertz CT molecular complexity index is 362. The fourth-order valence-electron chi connectivity index (χ4n) is 1.73. The van der Waals surface area contributed by atoms with Gasteiger partial charge in [0.25, 0.3) is 0 Å². The third kappa shape index (κ3) is 2.44. The minimum atomic E-state index is -1.36. The summed E-state index contributed by atoms with van der Waals surface area (Å²) in [5.74, 6) is -1.22. The van der Waals surface area contributed by atoms with Crippen molar-refractivity contribution in [1.82, 2.24) is 10.6 Å². The van der Waals surface area contributed by atoms with Crippen molar-refractivity contribution in [3.8, 4) is 0 Å². The van der Waals surface area contributed by atoms with Gasteiger partial charge in [-0.25, -0.2) is 4.79 Å². The fraction of sp³-hybridized carbons (Fsp3) is 0.500. The van der Waals surface area contributed by atoms with Gasteiger partial charge in [0, 0.05) is 4.83 Å². The number of carbonyl (C=O) groups excluding carboxylic acids is 3. The highest BCUT2D eigenvalue weighted by atomic mass is 79.9. The van der Waals surface area contributed by atoms with Gasteiger partial charge >= 0.3 is 6.03 Å². The molecule has 2 unspecified atom stereocenters. The number of imide groups is 2. The van der Waals surface area contributed by atoms with Crippen LogP contribution in [-0.2, 0) is 9.59 Å². The summed E-state index contributed by atoms with van der Waals surface area (Å²) in [5, 5.41) is 4.23. The molecule has 4 amide bonds. The Morgan fingerprint density at radius 1 is 1.29 bits per heavy atom. The number of halogens is 2. The maximum Gasteiger partial charge on any atom is 0.328 e. The summed E-state index contributed by atoms with van der Waals surface area (Å²) in [6, 6.07) is -0.790. The molecular formula is C10H12Br2N2O3. The molecule has 5 nitrogen and oxygen atoms in total. The van der Waals surface area contributed by atoms with E-state index in [1.165, 1.54) is 6.08 Å². The second-order valence-electron chi connectivity index (χ2n) is 3.78. The minimum Gasteiger partial charge on any atom is -0.277 e. The van der Waals surface area contributed by atoms with Gasteiger partial charge in [0.15, 0.2) is 0 Å². The SMILES string of the molecule is C=CCC1(C(Br)C(C)Br)C(=O)NC(=O)NC1=O. The van der Waals surface area contributed by atoms with Gasteiger partial charge in [0.1, 0.15) is 5.41 Å². The molecule has 0 saturated carbocycles. The molecule has 7 heteroatoms. The minimum absolute atomic E-state index is 0.132. The van der Waals surface area contributed by atoms with Crippen molar-refractivity contribution in [2.75, 3.05) is 0 Å².